The summed E-state index contributed by atoms with van der Waals surface area (Å²) in [4.78, 5) is 9.58. The minimum Gasteiger partial charge on any atom is -0.249 e. The lowest BCUT2D eigenvalue weighted by Crippen LogP contribution is -1.94. The Morgan fingerprint density at radius 1 is 0.708 bits per heavy atom. The molecule has 0 amide bonds. The first-order valence-electron chi connectivity index (χ1n) is 7.95. The van der Waals surface area contributed by atoms with Gasteiger partial charge in [-0.05, 0) is 37.3 Å². The summed E-state index contributed by atoms with van der Waals surface area (Å²) in [6.45, 7) is 2.03. The zero-order valence-corrected chi connectivity index (χ0v) is 14.0. The van der Waals surface area contributed by atoms with E-state index in [9.17, 15) is 0 Å². The van der Waals surface area contributed by atoms with Gasteiger partial charge in [-0.1, -0.05) is 36.4 Å². The van der Waals surface area contributed by atoms with Crippen LogP contribution in [0.3, 0.4) is 0 Å². The molecule has 24 heavy (non-hydrogen) atoms. The Labute approximate surface area is 143 Å². The first-order chi connectivity index (χ1) is 11.8. The van der Waals surface area contributed by atoms with Gasteiger partial charge >= 0.3 is 0 Å². The molecule has 3 heteroatoms. The molecule has 3 aromatic carbocycles. The lowest BCUT2D eigenvalue weighted by molar-refractivity contribution is 1.19. The van der Waals surface area contributed by atoms with E-state index in [1.54, 1.807) is 0 Å². The second-order valence-corrected chi connectivity index (χ2v) is 7.04. The van der Waals surface area contributed by atoms with E-state index in [-0.39, 0.29) is 0 Å². The van der Waals surface area contributed by atoms with Gasteiger partial charge in [-0.2, -0.15) is 0 Å². The van der Waals surface area contributed by atoms with Gasteiger partial charge in [0.1, 0.15) is 0 Å². The average Bonchev–Trinajstić information content (AvgIpc) is 2.99. The molecule has 0 aliphatic rings. The molecule has 0 saturated heterocycles. The third-order valence-corrected chi connectivity index (χ3v) is 5.55. The Balaban J connectivity index is 1.79. The van der Waals surface area contributed by atoms with Gasteiger partial charge in [0, 0.05) is 25.7 Å². The normalized spacial score (nSPS) is 11.5. The van der Waals surface area contributed by atoms with E-state index in [0.29, 0.717) is 0 Å². The first kappa shape index (κ1) is 13.6. The molecule has 2 aromatic heterocycles. The van der Waals surface area contributed by atoms with Crippen LogP contribution in [0, 0.1) is 6.92 Å². The fourth-order valence-corrected chi connectivity index (χ4v) is 4.32. The van der Waals surface area contributed by atoms with Crippen molar-refractivity contribution in [2.24, 2.45) is 0 Å². The minimum absolute atomic E-state index is 0.938. The predicted octanol–water partition coefficient (Wildman–Crippen LogP) is 5.97. The van der Waals surface area contributed by atoms with E-state index in [0.717, 1.165) is 28.0 Å². The van der Waals surface area contributed by atoms with Crippen molar-refractivity contribution in [1.29, 1.82) is 0 Å². The van der Waals surface area contributed by atoms with Crippen molar-refractivity contribution in [3.05, 3.63) is 72.4 Å². The summed E-state index contributed by atoms with van der Waals surface area (Å²) in [5.41, 5.74) is 4.94. The standard InChI is InChI=1S/C21H14N2S/c1-13-21(23-18-8-4-3-7-17(18)22-13)14-10-11-20-16(12-14)15-6-2-5-9-19(15)24-20/h2-12H,1H3. The number of aryl methyl sites for hydroxylation is 1. The van der Waals surface area contributed by atoms with Crippen molar-refractivity contribution in [2.45, 2.75) is 6.92 Å². The third-order valence-electron chi connectivity index (χ3n) is 4.39. The maximum atomic E-state index is 4.86. The third kappa shape index (κ3) is 2.02. The molecule has 0 radical (unpaired) electrons. The Hall–Kier alpha value is -2.78. The molecule has 0 spiro atoms. The molecular formula is C21H14N2S. The van der Waals surface area contributed by atoms with Gasteiger partial charge in [0.25, 0.3) is 0 Å². The lowest BCUT2D eigenvalue weighted by atomic mass is 10.1. The van der Waals surface area contributed by atoms with Crippen LogP contribution >= 0.6 is 11.3 Å². The van der Waals surface area contributed by atoms with Gasteiger partial charge in [0.2, 0.25) is 0 Å². The van der Waals surface area contributed by atoms with Crippen LogP contribution in [-0.2, 0) is 0 Å². The van der Waals surface area contributed by atoms with Crippen LogP contribution in [0.5, 0.6) is 0 Å². The number of thiophene rings is 1. The topological polar surface area (TPSA) is 25.8 Å². The zero-order valence-electron chi connectivity index (χ0n) is 13.2. The molecule has 0 aliphatic heterocycles. The van der Waals surface area contributed by atoms with Crippen LogP contribution in [0.4, 0.5) is 0 Å². The van der Waals surface area contributed by atoms with Gasteiger partial charge in [0.15, 0.2) is 0 Å². The Kier molecular flexibility index (Phi) is 2.91. The number of aromatic nitrogens is 2. The minimum atomic E-state index is 0.938. The van der Waals surface area contributed by atoms with Crippen molar-refractivity contribution >= 4 is 42.5 Å². The van der Waals surface area contributed by atoms with Crippen LogP contribution in [0.1, 0.15) is 5.69 Å². The van der Waals surface area contributed by atoms with E-state index in [4.69, 9.17) is 9.97 Å². The number of para-hydroxylation sites is 2. The summed E-state index contributed by atoms with van der Waals surface area (Å²) in [6.07, 6.45) is 0. The lowest BCUT2D eigenvalue weighted by Gasteiger charge is -2.07. The van der Waals surface area contributed by atoms with Crippen LogP contribution in [0.15, 0.2) is 66.7 Å². The van der Waals surface area contributed by atoms with Crippen LogP contribution in [-0.4, -0.2) is 9.97 Å². The molecule has 0 saturated carbocycles. The highest BCUT2D eigenvalue weighted by molar-refractivity contribution is 7.25. The van der Waals surface area contributed by atoms with Crippen molar-refractivity contribution < 1.29 is 0 Å². The Bertz CT molecular complexity index is 1220. The summed E-state index contributed by atoms with van der Waals surface area (Å²) in [7, 11) is 0. The van der Waals surface area contributed by atoms with E-state index in [1.807, 2.05) is 42.5 Å². The molecule has 0 N–H and O–H groups in total. The maximum absolute atomic E-state index is 4.86. The molecular weight excluding hydrogens is 312 g/mol. The predicted molar refractivity (Wildman–Crippen MR) is 103 cm³/mol. The maximum Gasteiger partial charge on any atom is 0.0922 e. The highest BCUT2D eigenvalue weighted by Gasteiger charge is 2.10. The van der Waals surface area contributed by atoms with E-state index < -0.39 is 0 Å². The molecule has 0 fully saturated rings. The largest absolute Gasteiger partial charge is 0.249 e. The molecule has 5 aromatic rings. The highest BCUT2D eigenvalue weighted by Crippen LogP contribution is 2.36. The molecule has 0 atom stereocenters. The average molecular weight is 326 g/mol. The smallest absolute Gasteiger partial charge is 0.0922 e. The monoisotopic (exact) mass is 326 g/mol. The summed E-state index contributed by atoms with van der Waals surface area (Å²) in [5.74, 6) is 0. The van der Waals surface area contributed by atoms with Crippen molar-refractivity contribution in [1.82, 2.24) is 9.97 Å². The SMILES string of the molecule is Cc1nc2ccccc2nc1-c1ccc2sc3ccccc3c2c1. The van der Waals surface area contributed by atoms with Crippen LogP contribution in [0.25, 0.3) is 42.5 Å². The zero-order chi connectivity index (χ0) is 16.1. The molecule has 0 aliphatic carbocycles. The number of rotatable bonds is 1. The molecule has 2 heterocycles. The van der Waals surface area contributed by atoms with Gasteiger partial charge in [0.05, 0.1) is 22.4 Å². The van der Waals surface area contributed by atoms with E-state index in [2.05, 4.69) is 42.5 Å². The van der Waals surface area contributed by atoms with E-state index >= 15 is 0 Å². The molecule has 5 rings (SSSR count). The van der Waals surface area contributed by atoms with Crippen molar-refractivity contribution in [3.8, 4) is 11.3 Å². The quantitative estimate of drug-likeness (QED) is 0.379. The summed E-state index contributed by atoms with van der Waals surface area (Å²) in [6, 6.07) is 23.2. The molecule has 0 unspecified atom stereocenters. The van der Waals surface area contributed by atoms with Gasteiger partial charge < -0.3 is 0 Å². The summed E-state index contributed by atoms with van der Waals surface area (Å²) in [5, 5.41) is 2.60. The number of hydrogen-bond donors (Lipinski definition) is 0. The number of benzene rings is 3. The van der Waals surface area contributed by atoms with Crippen molar-refractivity contribution in [3.63, 3.8) is 0 Å². The number of fused-ring (bicyclic) bond motifs is 4. The second-order valence-electron chi connectivity index (χ2n) is 5.96. The first-order valence-corrected chi connectivity index (χ1v) is 8.76. The summed E-state index contributed by atoms with van der Waals surface area (Å²) < 4.78 is 2.64. The molecule has 0 bridgehead atoms. The number of nitrogens with zero attached hydrogens (tertiary/aromatic N) is 2. The summed E-state index contributed by atoms with van der Waals surface area (Å²) >= 11 is 1.84. The van der Waals surface area contributed by atoms with Gasteiger partial charge in [-0.15, -0.1) is 11.3 Å². The van der Waals surface area contributed by atoms with Crippen LogP contribution in [0.2, 0.25) is 0 Å². The fraction of sp³-hybridized carbons (Fsp3) is 0.0476. The van der Waals surface area contributed by atoms with Gasteiger partial charge in [-0.25, -0.2) is 9.97 Å². The van der Waals surface area contributed by atoms with Crippen LogP contribution < -0.4 is 0 Å². The second kappa shape index (κ2) is 5.11. The molecule has 114 valence electrons. The van der Waals surface area contributed by atoms with Gasteiger partial charge in [-0.3, -0.25) is 0 Å². The van der Waals surface area contributed by atoms with Crippen molar-refractivity contribution in [2.75, 3.05) is 0 Å². The Morgan fingerprint density at radius 2 is 1.42 bits per heavy atom. The van der Waals surface area contributed by atoms with E-state index in [1.165, 1.54) is 20.2 Å². The Morgan fingerprint density at radius 3 is 2.29 bits per heavy atom. The fourth-order valence-electron chi connectivity index (χ4n) is 3.24. The molecule has 2 nitrogen and oxygen atoms in total. The number of hydrogen-bond acceptors (Lipinski definition) is 3. The highest BCUT2D eigenvalue weighted by atomic mass is 32.1.